The third-order valence-corrected chi connectivity index (χ3v) is 4.36. The maximum absolute atomic E-state index is 11.1. The Kier molecular flexibility index (Phi) is 4.75. The molecular weight excluding hydrogens is 244 g/mol. The highest BCUT2D eigenvalue weighted by Crippen LogP contribution is 2.35. The summed E-state index contributed by atoms with van der Waals surface area (Å²) >= 11 is 1.57. The number of rotatable bonds is 8. The lowest BCUT2D eigenvalue weighted by Crippen LogP contribution is -2.26. The van der Waals surface area contributed by atoms with Gasteiger partial charge in [-0.25, -0.2) is 4.98 Å². The van der Waals surface area contributed by atoms with Gasteiger partial charge in [0.15, 0.2) is 11.4 Å². The van der Waals surface area contributed by atoms with Gasteiger partial charge < -0.3 is 4.90 Å². The van der Waals surface area contributed by atoms with Crippen LogP contribution in [0.4, 0.5) is 5.13 Å². The number of anilines is 1. The molecule has 3 nitrogen and oxygen atoms in total. The number of unbranched alkanes of at least 4 members (excludes halogenated alkanes) is 1. The number of aryl methyl sites for hydroxylation is 1. The molecule has 1 aliphatic rings. The first-order valence-electron chi connectivity index (χ1n) is 7.01. The summed E-state index contributed by atoms with van der Waals surface area (Å²) in [5, 5.41) is 1.07. The van der Waals surface area contributed by atoms with Crippen molar-refractivity contribution in [2.24, 2.45) is 0 Å². The van der Waals surface area contributed by atoms with Crippen LogP contribution in [0.25, 0.3) is 0 Å². The standard InChI is InChI=1S/C14H22N2OS/c1-3-5-9-16(11-7-8-11)14-15-12(6-4-2)13(10-17)18-14/h10-11H,3-9H2,1-2H3. The molecule has 100 valence electrons. The van der Waals surface area contributed by atoms with E-state index >= 15 is 0 Å². The quantitative estimate of drug-likeness (QED) is 0.673. The normalized spacial score (nSPS) is 14.8. The van der Waals surface area contributed by atoms with E-state index in [1.165, 1.54) is 25.7 Å². The average Bonchev–Trinajstić information content (AvgIpc) is 3.12. The first-order chi connectivity index (χ1) is 8.80. The van der Waals surface area contributed by atoms with Gasteiger partial charge in [0, 0.05) is 12.6 Å². The van der Waals surface area contributed by atoms with Crippen LogP contribution in [0.5, 0.6) is 0 Å². The lowest BCUT2D eigenvalue weighted by Gasteiger charge is -2.20. The van der Waals surface area contributed by atoms with Crippen LogP contribution in [0, 0.1) is 0 Å². The van der Waals surface area contributed by atoms with E-state index < -0.39 is 0 Å². The van der Waals surface area contributed by atoms with Crippen LogP contribution in [-0.2, 0) is 6.42 Å². The number of thiazole rings is 1. The van der Waals surface area contributed by atoms with Gasteiger partial charge in [0.25, 0.3) is 0 Å². The van der Waals surface area contributed by atoms with Gasteiger partial charge in [0.2, 0.25) is 0 Å². The molecule has 18 heavy (non-hydrogen) atoms. The molecule has 1 heterocycles. The smallest absolute Gasteiger partial charge is 0.186 e. The van der Waals surface area contributed by atoms with E-state index in [0.29, 0.717) is 6.04 Å². The van der Waals surface area contributed by atoms with Crippen LogP contribution >= 0.6 is 11.3 Å². The van der Waals surface area contributed by atoms with E-state index in [4.69, 9.17) is 4.98 Å². The summed E-state index contributed by atoms with van der Waals surface area (Å²) in [5.74, 6) is 0. The summed E-state index contributed by atoms with van der Waals surface area (Å²) in [4.78, 5) is 19.0. The zero-order valence-corrected chi connectivity index (χ0v) is 12.1. The highest BCUT2D eigenvalue weighted by Gasteiger charge is 2.31. The van der Waals surface area contributed by atoms with Crippen molar-refractivity contribution in [3.8, 4) is 0 Å². The van der Waals surface area contributed by atoms with E-state index in [1.807, 2.05) is 0 Å². The van der Waals surface area contributed by atoms with E-state index in [2.05, 4.69) is 18.7 Å². The molecular formula is C14H22N2OS. The Bertz CT molecular complexity index is 398. The minimum Gasteiger partial charge on any atom is -0.345 e. The van der Waals surface area contributed by atoms with Crippen LogP contribution in [0.3, 0.4) is 0 Å². The molecule has 0 unspecified atom stereocenters. The first kappa shape index (κ1) is 13.5. The summed E-state index contributed by atoms with van der Waals surface area (Å²) in [5.41, 5.74) is 0.995. The zero-order chi connectivity index (χ0) is 13.0. The van der Waals surface area contributed by atoms with Gasteiger partial charge in [-0.1, -0.05) is 38.0 Å². The van der Waals surface area contributed by atoms with E-state index in [1.54, 1.807) is 11.3 Å². The van der Waals surface area contributed by atoms with Crippen molar-refractivity contribution < 1.29 is 4.79 Å². The molecule has 4 heteroatoms. The molecule has 2 rings (SSSR count). The molecule has 0 bridgehead atoms. The van der Waals surface area contributed by atoms with Crippen molar-refractivity contribution in [3.63, 3.8) is 0 Å². The van der Waals surface area contributed by atoms with E-state index in [0.717, 1.165) is 41.4 Å². The highest BCUT2D eigenvalue weighted by molar-refractivity contribution is 7.17. The molecule has 1 aliphatic carbocycles. The molecule has 1 fully saturated rings. The second kappa shape index (κ2) is 6.32. The maximum atomic E-state index is 11.1. The van der Waals surface area contributed by atoms with Crippen LogP contribution in [0.2, 0.25) is 0 Å². The summed E-state index contributed by atoms with van der Waals surface area (Å²) in [7, 11) is 0. The van der Waals surface area contributed by atoms with Crippen LogP contribution < -0.4 is 4.90 Å². The number of carbonyl (C=O) groups is 1. The van der Waals surface area contributed by atoms with Gasteiger partial charge >= 0.3 is 0 Å². The van der Waals surface area contributed by atoms with Crippen molar-refractivity contribution >= 4 is 22.8 Å². The summed E-state index contributed by atoms with van der Waals surface area (Å²) in [6, 6.07) is 0.677. The number of aldehydes is 1. The fourth-order valence-electron chi connectivity index (χ4n) is 2.13. The lowest BCUT2D eigenvalue weighted by atomic mass is 10.2. The number of aromatic nitrogens is 1. The molecule has 0 aliphatic heterocycles. The van der Waals surface area contributed by atoms with Crippen molar-refractivity contribution in [2.45, 2.75) is 58.4 Å². The molecule has 0 radical (unpaired) electrons. The summed E-state index contributed by atoms with van der Waals surface area (Å²) in [6.07, 6.45) is 7.90. The third-order valence-electron chi connectivity index (χ3n) is 3.30. The minimum atomic E-state index is 0.677. The molecule has 0 atom stereocenters. The van der Waals surface area contributed by atoms with Crippen molar-refractivity contribution in [1.82, 2.24) is 4.98 Å². The van der Waals surface area contributed by atoms with Crippen molar-refractivity contribution in [2.75, 3.05) is 11.4 Å². The van der Waals surface area contributed by atoms with Gasteiger partial charge in [0.05, 0.1) is 10.6 Å². The monoisotopic (exact) mass is 266 g/mol. The highest BCUT2D eigenvalue weighted by atomic mass is 32.1. The number of nitrogens with zero attached hydrogens (tertiary/aromatic N) is 2. The topological polar surface area (TPSA) is 33.2 Å². The predicted molar refractivity (Wildman–Crippen MR) is 76.8 cm³/mol. The van der Waals surface area contributed by atoms with Gasteiger partial charge in [-0.15, -0.1) is 0 Å². The third kappa shape index (κ3) is 3.10. The van der Waals surface area contributed by atoms with Crippen LogP contribution in [0.15, 0.2) is 0 Å². The molecule has 1 aromatic rings. The molecule has 0 saturated heterocycles. The van der Waals surface area contributed by atoms with E-state index in [-0.39, 0.29) is 0 Å². The Morgan fingerprint density at radius 1 is 1.39 bits per heavy atom. The fraction of sp³-hybridized carbons (Fsp3) is 0.714. The Morgan fingerprint density at radius 3 is 2.72 bits per heavy atom. The minimum absolute atomic E-state index is 0.677. The second-order valence-electron chi connectivity index (χ2n) is 4.95. The SMILES string of the molecule is CCCCN(c1nc(CCC)c(C=O)s1)C1CC1. The van der Waals surface area contributed by atoms with Gasteiger partial charge in [-0.2, -0.15) is 0 Å². The lowest BCUT2D eigenvalue weighted by molar-refractivity contribution is 0.112. The van der Waals surface area contributed by atoms with Crippen LogP contribution in [0.1, 0.15) is 61.3 Å². The fourth-order valence-corrected chi connectivity index (χ4v) is 3.15. The largest absolute Gasteiger partial charge is 0.345 e. The first-order valence-corrected chi connectivity index (χ1v) is 7.83. The molecule has 0 aromatic carbocycles. The Morgan fingerprint density at radius 2 is 2.17 bits per heavy atom. The number of hydrogen-bond acceptors (Lipinski definition) is 4. The molecule has 1 aromatic heterocycles. The molecule has 1 saturated carbocycles. The van der Waals surface area contributed by atoms with Gasteiger partial charge in [-0.3, -0.25) is 4.79 Å². The summed E-state index contributed by atoms with van der Waals surface area (Å²) < 4.78 is 0. The Labute approximate surface area is 113 Å². The zero-order valence-electron chi connectivity index (χ0n) is 11.3. The van der Waals surface area contributed by atoms with Crippen molar-refractivity contribution in [3.05, 3.63) is 10.6 Å². The maximum Gasteiger partial charge on any atom is 0.186 e. The van der Waals surface area contributed by atoms with Gasteiger partial charge in [0.1, 0.15) is 0 Å². The summed E-state index contributed by atoms with van der Waals surface area (Å²) in [6.45, 7) is 5.42. The molecule has 0 N–H and O–H groups in total. The molecule has 0 spiro atoms. The van der Waals surface area contributed by atoms with Gasteiger partial charge in [-0.05, 0) is 25.7 Å². The average molecular weight is 266 g/mol. The number of hydrogen-bond donors (Lipinski definition) is 0. The second-order valence-corrected chi connectivity index (χ2v) is 5.96. The molecule has 0 amide bonds. The Hall–Kier alpha value is -0.900. The van der Waals surface area contributed by atoms with Crippen molar-refractivity contribution in [1.29, 1.82) is 0 Å². The Balaban J connectivity index is 2.15. The number of carbonyl (C=O) groups excluding carboxylic acids is 1. The van der Waals surface area contributed by atoms with E-state index in [9.17, 15) is 4.79 Å². The predicted octanol–water partition coefficient (Wildman–Crippen LogP) is 3.68. The van der Waals surface area contributed by atoms with Crippen LogP contribution in [-0.4, -0.2) is 23.9 Å².